The van der Waals surface area contributed by atoms with Crippen LogP contribution >= 0.6 is 0 Å². The van der Waals surface area contributed by atoms with Gasteiger partial charge in [-0.2, -0.15) is 0 Å². The number of para-hydroxylation sites is 1. The Morgan fingerprint density at radius 1 is 0.967 bits per heavy atom. The normalized spacial score (nSPS) is 13.9. The zero-order valence-electron chi connectivity index (χ0n) is 16.9. The first-order chi connectivity index (χ1) is 14.7. The standard InChI is InChI=1S/C23H26N6O/c24-15-20-14-22(27-17-26-20)25-16-18-5-4-6-19(13-18)23(30)29-11-9-28(10-12-29)21-7-2-1-3-8-21/h1-8,13-14,17H,9-12,15-16,24H2,(H,25,26,27). The molecule has 0 unspecified atom stereocenters. The maximum atomic E-state index is 13.0. The van der Waals surface area contributed by atoms with Gasteiger partial charge in [0.2, 0.25) is 0 Å². The monoisotopic (exact) mass is 402 g/mol. The molecule has 2 heterocycles. The van der Waals surface area contributed by atoms with E-state index in [1.54, 1.807) is 0 Å². The average molecular weight is 403 g/mol. The van der Waals surface area contributed by atoms with Crippen molar-refractivity contribution >= 4 is 17.4 Å². The smallest absolute Gasteiger partial charge is 0.253 e. The molecule has 0 atom stereocenters. The molecule has 0 bridgehead atoms. The Hall–Kier alpha value is -3.45. The number of aromatic nitrogens is 2. The van der Waals surface area contributed by atoms with Crippen molar-refractivity contribution in [2.45, 2.75) is 13.1 Å². The molecule has 1 aliphatic rings. The van der Waals surface area contributed by atoms with Gasteiger partial charge in [-0.1, -0.05) is 30.3 Å². The van der Waals surface area contributed by atoms with Crippen molar-refractivity contribution in [3.8, 4) is 0 Å². The van der Waals surface area contributed by atoms with E-state index >= 15 is 0 Å². The lowest BCUT2D eigenvalue weighted by molar-refractivity contribution is 0.0746. The Morgan fingerprint density at radius 2 is 1.77 bits per heavy atom. The van der Waals surface area contributed by atoms with Gasteiger partial charge in [-0.15, -0.1) is 0 Å². The maximum Gasteiger partial charge on any atom is 0.253 e. The van der Waals surface area contributed by atoms with Crippen LogP contribution in [0.3, 0.4) is 0 Å². The molecule has 154 valence electrons. The molecular weight excluding hydrogens is 376 g/mol. The van der Waals surface area contributed by atoms with Crippen LogP contribution in [0.15, 0.2) is 67.0 Å². The lowest BCUT2D eigenvalue weighted by Crippen LogP contribution is -2.48. The van der Waals surface area contributed by atoms with E-state index in [-0.39, 0.29) is 5.91 Å². The number of nitrogens with one attached hydrogen (secondary N) is 1. The predicted octanol–water partition coefficient (Wildman–Crippen LogP) is 2.51. The number of carbonyl (C=O) groups is 1. The van der Waals surface area contributed by atoms with Gasteiger partial charge in [0, 0.05) is 56.6 Å². The summed E-state index contributed by atoms with van der Waals surface area (Å²) in [6, 6.07) is 19.9. The van der Waals surface area contributed by atoms with Crippen molar-refractivity contribution in [3.63, 3.8) is 0 Å². The van der Waals surface area contributed by atoms with Crippen molar-refractivity contribution in [1.29, 1.82) is 0 Å². The average Bonchev–Trinajstić information content (AvgIpc) is 2.83. The van der Waals surface area contributed by atoms with Crippen molar-refractivity contribution in [2.75, 3.05) is 36.4 Å². The maximum absolute atomic E-state index is 13.0. The van der Waals surface area contributed by atoms with Crippen LogP contribution in [0, 0.1) is 0 Å². The van der Waals surface area contributed by atoms with Crippen LogP contribution in [-0.4, -0.2) is 47.0 Å². The molecule has 1 aromatic heterocycles. The second kappa shape index (κ2) is 9.37. The van der Waals surface area contributed by atoms with Gasteiger partial charge in [-0.05, 0) is 29.8 Å². The Bertz CT molecular complexity index is 986. The number of anilines is 2. The Kier molecular flexibility index (Phi) is 6.20. The SMILES string of the molecule is NCc1cc(NCc2cccc(C(=O)N3CCN(c4ccccc4)CC3)c2)ncn1. The van der Waals surface area contributed by atoms with E-state index in [1.165, 1.54) is 12.0 Å². The molecule has 3 N–H and O–H groups in total. The van der Waals surface area contributed by atoms with E-state index in [0.717, 1.165) is 43.3 Å². The molecule has 1 saturated heterocycles. The summed E-state index contributed by atoms with van der Waals surface area (Å²) in [5, 5.41) is 3.27. The van der Waals surface area contributed by atoms with Gasteiger partial charge in [0.25, 0.3) is 5.91 Å². The molecular formula is C23H26N6O. The number of nitrogens with zero attached hydrogens (tertiary/aromatic N) is 4. The van der Waals surface area contributed by atoms with Gasteiger partial charge >= 0.3 is 0 Å². The highest BCUT2D eigenvalue weighted by Crippen LogP contribution is 2.17. The second-order valence-corrected chi connectivity index (χ2v) is 7.27. The molecule has 2 aromatic carbocycles. The second-order valence-electron chi connectivity index (χ2n) is 7.27. The number of nitrogens with two attached hydrogens (primary N) is 1. The topological polar surface area (TPSA) is 87.4 Å². The summed E-state index contributed by atoms with van der Waals surface area (Å²) in [4.78, 5) is 25.6. The Labute approximate surface area is 176 Å². The summed E-state index contributed by atoms with van der Waals surface area (Å²) >= 11 is 0. The molecule has 1 fully saturated rings. The highest BCUT2D eigenvalue weighted by atomic mass is 16.2. The molecule has 1 aliphatic heterocycles. The van der Waals surface area contributed by atoms with Crippen LogP contribution in [0.2, 0.25) is 0 Å². The largest absolute Gasteiger partial charge is 0.368 e. The summed E-state index contributed by atoms with van der Waals surface area (Å²) in [5.74, 6) is 0.802. The number of rotatable bonds is 6. The molecule has 4 rings (SSSR count). The molecule has 7 heteroatoms. The quantitative estimate of drug-likeness (QED) is 0.659. The van der Waals surface area contributed by atoms with Crippen LogP contribution in [0.25, 0.3) is 0 Å². The van der Waals surface area contributed by atoms with E-state index in [9.17, 15) is 4.79 Å². The van der Waals surface area contributed by atoms with Crippen LogP contribution < -0.4 is 16.0 Å². The third kappa shape index (κ3) is 4.75. The molecule has 0 spiro atoms. The van der Waals surface area contributed by atoms with Gasteiger partial charge in [0.1, 0.15) is 12.1 Å². The fourth-order valence-electron chi connectivity index (χ4n) is 3.60. The summed E-state index contributed by atoms with van der Waals surface area (Å²) in [6.45, 7) is 4.07. The summed E-state index contributed by atoms with van der Waals surface area (Å²) < 4.78 is 0. The first-order valence-electron chi connectivity index (χ1n) is 10.2. The van der Waals surface area contributed by atoms with Crippen LogP contribution in [0.1, 0.15) is 21.6 Å². The number of amides is 1. The van der Waals surface area contributed by atoms with Crippen molar-refractivity contribution < 1.29 is 4.79 Å². The molecule has 3 aromatic rings. The first-order valence-corrected chi connectivity index (χ1v) is 10.2. The predicted molar refractivity (Wildman–Crippen MR) is 118 cm³/mol. The van der Waals surface area contributed by atoms with Crippen LogP contribution in [-0.2, 0) is 13.1 Å². The van der Waals surface area contributed by atoms with Crippen molar-refractivity contribution in [3.05, 3.63) is 83.8 Å². The van der Waals surface area contributed by atoms with Gasteiger partial charge in [-0.25, -0.2) is 9.97 Å². The molecule has 0 radical (unpaired) electrons. The third-order valence-corrected chi connectivity index (χ3v) is 5.27. The summed E-state index contributed by atoms with van der Waals surface area (Å²) in [5.41, 5.74) is 9.36. The Balaban J connectivity index is 1.36. The lowest BCUT2D eigenvalue weighted by atomic mass is 10.1. The van der Waals surface area contributed by atoms with E-state index in [0.29, 0.717) is 18.7 Å². The zero-order chi connectivity index (χ0) is 20.8. The molecule has 0 aliphatic carbocycles. The van der Waals surface area contributed by atoms with Crippen LogP contribution in [0.4, 0.5) is 11.5 Å². The number of hydrogen-bond donors (Lipinski definition) is 2. The van der Waals surface area contributed by atoms with E-state index < -0.39 is 0 Å². The summed E-state index contributed by atoms with van der Waals surface area (Å²) in [6.07, 6.45) is 1.50. The highest BCUT2D eigenvalue weighted by Gasteiger charge is 2.22. The number of piperazine rings is 1. The minimum atomic E-state index is 0.0806. The van der Waals surface area contributed by atoms with Crippen molar-refractivity contribution in [1.82, 2.24) is 14.9 Å². The molecule has 1 amide bonds. The highest BCUT2D eigenvalue weighted by molar-refractivity contribution is 5.94. The molecule has 7 nitrogen and oxygen atoms in total. The fraction of sp³-hybridized carbons (Fsp3) is 0.261. The van der Waals surface area contributed by atoms with E-state index in [4.69, 9.17) is 5.73 Å². The Morgan fingerprint density at radius 3 is 2.53 bits per heavy atom. The van der Waals surface area contributed by atoms with E-state index in [1.807, 2.05) is 53.4 Å². The summed E-state index contributed by atoms with van der Waals surface area (Å²) in [7, 11) is 0. The lowest BCUT2D eigenvalue weighted by Gasteiger charge is -2.36. The number of hydrogen-bond acceptors (Lipinski definition) is 6. The third-order valence-electron chi connectivity index (χ3n) is 5.27. The van der Waals surface area contributed by atoms with Gasteiger partial charge in [0.15, 0.2) is 0 Å². The molecule has 30 heavy (non-hydrogen) atoms. The van der Waals surface area contributed by atoms with Gasteiger partial charge < -0.3 is 20.9 Å². The van der Waals surface area contributed by atoms with Crippen LogP contribution in [0.5, 0.6) is 0 Å². The fourth-order valence-corrected chi connectivity index (χ4v) is 3.60. The minimum Gasteiger partial charge on any atom is -0.368 e. The molecule has 0 saturated carbocycles. The van der Waals surface area contributed by atoms with Gasteiger partial charge in [0.05, 0.1) is 5.69 Å². The first kappa shape index (κ1) is 19.8. The minimum absolute atomic E-state index is 0.0806. The van der Waals surface area contributed by atoms with Gasteiger partial charge in [-0.3, -0.25) is 4.79 Å². The number of carbonyl (C=O) groups excluding carboxylic acids is 1. The zero-order valence-corrected chi connectivity index (χ0v) is 16.9. The van der Waals surface area contributed by atoms with Crippen molar-refractivity contribution in [2.24, 2.45) is 5.73 Å². The number of benzene rings is 2. The van der Waals surface area contributed by atoms with E-state index in [2.05, 4.69) is 32.3 Å².